The molecule has 0 aromatic heterocycles. The van der Waals surface area contributed by atoms with Crippen molar-refractivity contribution in [1.29, 1.82) is 0 Å². The first-order valence-corrected chi connectivity index (χ1v) is 4.59. The predicted octanol–water partition coefficient (Wildman–Crippen LogP) is 1.35. The summed E-state index contributed by atoms with van der Waals surface area (Å²) in [5, 5.41) is 2.92. The van der Waals surface area contributed by atoms with Gasteiger partial charge in [0.25, 0.3) is 0 Å². The Balaban J connectivity index is 2.49. The lowest BCUT2D eigenvalue weighted by atomic mass is 10.0. The highest BCUT2D eigenvalue weighted by molar-refractivity contribution is 6.11. The summed E-state index contributed by atoms with van der Waals surface area (Å²) in [6, 6.07) is 4.92. The zero-order chi connectivity index (χ0) is 10.4. The summed E-state index contributed by atoms with van der Waals surface area (Å²) in [4.78, 5) is 23.1. The van der Waals surface area contributed by atoms with Crippen LogP contribution in [-0.4, -0.2) is 12.3 Å². The molecular weight excluding hydrogens is 194 g/mol. The average molecular weight is 201 g/mol. The second kappa shape index (κ2) is 2.70. The molecule has 4 nitrogen and oxygen atoms in total. The molecule has 3 rings (SSSR count). The van der Waals surface area contributed by atoms with E-state index in [1.54, 1.807) is 6.07 Å². The van der Waals surface area contributed by atoms with E-state index in [1.165, 1.54) is 12.3 Å². The number of carbonyl (C=O) groups is 1. The van der Waals surface area contributed by atoms with E-state index in [2.05, 4.69) is 5.32 Å². The minimum atomic E-state index is -0.276. The largest absolute Gasteiger partial charge is 0.464 e. The fraction of sp³-hybridized carbons (Fsp3) is 0.0909. The second-order valence-electron chi connectivity index (χ2n) is 3.43. The Bertz CT molecular complexity index is 585. The van der Waals surface area contributed by atoms with Crippen LogP contribution in [0.3, 0.4) is 0 Å². The first-order valence-electron chi connectivity index (χ1n) is 4.59. The minimum Gasteiger partial charge on any atom is -0.464 e. The van der Waals surface area contributed by atoms with E-state index >= 15 is 0 Å². The van der Waals surface area contributed by atoms with Crippen molar-refractivity contribution in [2.45, 2.75) is 0 Å². The Hall–Kier alpha value is -2.10. The van der Waals surface area contributed by atoms with Gasteiger partial charge in [0, 0.05) is 11.6 Å². The number of rotatable bonds is 0. The maximum absolute atomic E-state index is 11.6. The highest BCUT2D eigenvalue weighted by Crippen LogP contribution is 2.33. The van der Waals surface area contributed by atoms with Crippen molar-refractivity contribution in [3.63, 3.8) is 0 Å². The lowest BCUT2D eigenvalue weighted by molar-refractivity contribution is 0.101. The molecule has 4 heteroatoms. The molecule has 0 saturated heterocycles. The Morgan fingerprint density at radius 1 is 1.33 bits per heavy atom. The van der Waals surface area contributed by atoms with Crippen LogP contribution in [0.15, 0.2) is 33.7 Å². The summed E-state index contributed by atoms with van der Waals surface area (Å²) in [7, 11) is 0. The summed E-state index contributed by atoms with van der Waals surface area (Å²) in [5.41, 5.74) is 1.36. The molecule has 0 unspecified atom stereocenters. The molecule has 2 heterocycles. The van der Waals surface area contributed by atoms with Crippen LogP contribution < -0.4 is 10.7 Å². The van der Waals surface area contributed by atoms with E-state index in [0.717, 1.165) is 5.56 Å². The number of anilines is 1. The lowest BCUT2D eigenvalue weighted by Crippen LogP contribution is -2.12. The number of Topliss-reactive ketones (excluding diaryl/α,β-unsaturated/α-hetero) is 1. The summed E-state index contributed by atoms with van der Waals surface area (Å²) in [6.45, 7) is 0.193. The molecule has 0 bridgehead atoms. The third-order valence-electron chi connectivity index (χ3n) is 2.53. The molecule has 1 aliphatic carbocycles. The number of carbonyl (C=O) groups excluding carboxylic acids is 1. The number of hydrogen-bond donors (Lipinski definition) is 1. The average Bonchev–Trinajstić information content (AvgIpc) is 2.62. The van der Waals surface area contributed by atoms with Gasteiger partial charge < -0.3 is 9.73 Å². The van der Waals surface area contributed by atoms with Crippen molar-refractivity contribution in [3.8, 4) is 11.3 Å². The van der Waals surface area contributed by atoms with Crippen molar-refractivity contribution in [3.05, 3.63) is 40.2 Å². The van der Waals surface area contributed by atoms with Crippen molar-refractivity contribution in [1.82, 2.24) is 0 Å². The lowest BCUT2D eigenvalue weighted by Gasteiger charge is -2.07. The first kappa shape index (κ1) is 8.23. The molecule has 3 aliphatic rings. The Morgan fingerprint density at radius 2 is 2.20 bits per heavy atom. The zero-order valence-electron chi connectivity index (χ0n) is 7.74. The normalized spacial score (nSPS) is 14.0. The molecule has 0 aromatic carbocycles. The molecule has 0 amide bonds. The van der Waals surface area contributed by atoms with Gasteiger partial charge in [-0.15, -0.1) is 0 Å². The minimum absolute atomic E-state index is 0.152. The second-order valence-corrected chi connectivity index (χ2v) is 3.43. The Kier molecular flexibility index (Phi) is 1.48. The van der Waals surface area contributed by atoms with Crippen LogP contribution in [-0.2, 0) is 0 Å². The van der Waals surface area contributed by atoms with Crippen LogP contribution in [0.5, 0.6) is 0 Å². The van der Waals surface area contributed by atoms with Crippen LogP contribution in [0.25, 0.3) is 11.3 Å². The number of benzene rings is 1. The number of ketones is 1. The molecule has 0 spiro atoms. The molecule has 0 saturated carbocycles. The molecule has 0 fully saturated rings. The van der Waals surface area contributed by atoms with E-state index in [9.17, 15) is 9.59 Å². The van der Waals surface area contributed by atoms with E-state index in [1.807, 2.05) is 6.07 Å². The van der Waals surface area contributed by atoms with Gasteiger partial charge in [-0.25, -0.2) is 0 Å². The monoisotopic (exact) mass is 201 g/mol. The third kappa shape index (κ3) is 1.01. The summed E-state index contributed by atoms with van der Waals surface area (Å²) in [5.74, 6) is 0.351. The van der Waals surface area contributed by atoms with Gasteiger partial charge in [-0.1, -0.05) is 0 Å². The maximum atomic E-state index is 11.6. The van der Waals surface area contributed by atoms with Gasteiger partial charge in [0.2, 0.25) is 0 Å². The van der Waals surface area contributed by atoms with Crippen molar-refractivity contribution < 1.29 is 9.21 Å². The van der Waals surface area contributed by atoms with Crippen molar-refractivity contribution >= 4 is 11.5 Å². The maximum Gasteiger partial charge on any atom is 0.195 e. The van der Waals surface area contributed by atoms with Crippen LogP contribution in [0, 0.1) is 0 Å². The zero-order valence-corrected chi connectivity index (χ0v) is 7.74. The van der Waals surface area contributed by atoms with Gasteiger partial charge >= 0.3 is 0 Å². The predicted molar refractivity (Wildman–Crippen MR) is 54.4 cm³/mol. The topological polar surface area (TPSA) is 59.3 Å². The summed E-state index contributed by atoms with van der Waals surface area (Å²) < 4.78 is 5.20. The van der Waals surface area contributed by atoms with Crippen LogP contribution in [0.2, 0.25) is 0 Å². The molecule has 0 radical (unpaired) electrons. The Labute approximate surface area is 84.9 Å². The van der Waals surface area contributed by atoms with E-state index in [0.29, 0.717) is 11.4 Å². The smallest absolute Gasteiger partial charge is 0.195 e. The number of fused-ring (bicyclic) bond motifs is 3. The van der Waals surface area contributed by atoms with Gasteiger partial charge in [0.15, 0.2) is 11.2 Å². The first-order chi connectivity index (χ1) is 7.27. The summed E-state index contributed by atoms with van der Waals surface area (Å²) >= 11 is 0. The van der Waals surface area contributed by atoms with Crippen LogP contribution >= 0.6 is 0 Å². The molecule has 1 N–H and O–H groups in total. The van der Waals surface area contributed by atoms with Crippen LogP contribution in [0.1, 0.15) is 10.4 Å². The number of nitrogens with one attached hydrogen (secondary N) is 1. The van der Waals surface area contributed by atoms with Gasteiger partial charge in [-0.3, -0.25) is 9.59 Å². The molecular formula is C11H7NO3. The third-order valence-corrected chi connectivity index (χ3v) is 2.53. The molecule has 15 heavy (non-hydrogen) atoms. The molecule has 74 valence electrons. The van der Waals surface area contributed by atoms with Gasteiger partial charge in [0.05, 0.1) is 24.1 Å². The van der Waals surface area contributed by atoms with Gasteiger partial charge in [-0.2, -0.15) is 0 Å². The molecule has 0 aromatic rings. The fourth-order valence-electron chi connectivity index (χ4n) is 1.88. The Morgan fingerprint density at radius 3 is 3.07 bits per heavy atom. The van der Waals surface area contributed by atoms with E-state index in [4.69, 9.17) is 4.42 Å². The number of hydrogen-bond acceptors (Lipinski definition) is 4. The van der Waals surface area contributed by atoms with Crippen molar-refractivity contribution in [2.75, 3.05) is 11.9 Å². The van der Waals surface area contributed by atoms with Gasteiger partial charge in [0.1, 0.15) is 5.76 Å². The van der Waals surface area contributed by atoms with Crippen molar-refractivity contribution in [2.24, 2.45) is 0 Å². The highest BCUT2D eigenvalue weighted by Gasteiger charge is 2.27. The highest BCUT2D eigenvalue weighted by atomic mass is 16.3. The molecule has 0 atom stereocenters. The standard InChI is InChI=1S/C11H7NO3/c13-7-4-9-6(2-1-3-15-9)11-10(7)8(14)5-12-11/h1-4,12H,5H2. The quantitative estimate of drug-likeness (QED) is 0.699. The fourth-order valence-corrected chi connectivity index (χ4v) is 1.88. The molecule has 2 aliphatic heterocycles. The summed E-state index contributed by atoms with van der Waals surface area (Å²) in [6.07, 6.45) is 1.50. The van der Waals surface area contributed by atoms with E-state index in [-0.39, 0.29) is 23.3 Å². The van der Waals surface area contributed by atoms with E-state index < -0.39 is 0 Å². The SMILES string of the molecule is O=C1CNc2c3cccoc-3cc(=O)c21. The van der Waals surface area contributed by atoms with Crippen LogP contribution in [0.4, 0.5) is 5.69 Å². The van der Waals surface area contributed by atoms with Gasteiger partial charge in [-0.05, 0) is 12.1 Å².